The highest BCUT2D eigenvalue weighted by Crippen LogP contribution is 2.18. The van der Waals surface area contributed by atoms with E-state index in [0.29, 0.717) is 5.92 Å². The number of benzene rings is 1. The lowest BCUT2D eigenvalue weighted by Gasteiger charge is -2.23. The van der Waals surface area contributed by atoms with Gasteiger partial charge in [0.25, 0.3) is 0 Å². The first-order valence-electron chi connectivity index (χ1n) is 6.46. The second-order valence-corrected chi connectivity index (χ2v) is 5.07. The lowest BCUT2D eigenvalue weighted by Crippen LogP contribution is -2.35. The predicted molar refractivity (Wildman–Crippen MR) is 79.2 cm³/mol. The van der Waals surface area contributed by atoms with Crippen molar-refractivity contribution in [3.05, 3.63) is 35.9 Å². The van der Waals surface area contributed by atoms with Gasteiger partial charge in [-0.1, -0.05) is 37.3 Å². The average molecular weight is 247 g/mol. The first kappa shape index (κ1) is 14.6. The zero-order valence-corrected chi connectivity index (χ0v) is 12.2. The Labute approximate surface area is 111 Å². The molecule has 0 saturated heterocycles. The topological polar surface area (TPSA) is 18.8 Å². The van der Waals surface area contributed by atoms with Crippen molar-refractivity contribution in [2.45, 2.75) is 19.3 Å². The van der Waals surface area contributed by atoms with Crippen LogP contribution >= 0.6 is 0 Å². The Hall–Kier alpha value is -1.51. The van der Waals surface area contributed by atoms with E-state index in [2.05, 4.69) is 42.2 Å². The van der Waals surface area contributed by atoms with E-state index in [4.69, 9.17) is 0 Å². The molecule has 0 N–H and O–H groups in total. The quantitative estimate of drug-likeness (QED) is 0.602. The van der Waals surface area contributed by atoms with Crippen LogP contribution in [0.2, 0.25) is 0 Å². The highest BCUT2D eigenvalue weighted by atomic mass is 15.3. The SMILES string of the molecule is C[C@H](CCN=C(N(C)C)N(C)C)c1ccccc1. The summed E-state index contributed by atoms with van der Waals surface area (Å²) in [5, 5.41) is 0. The molecule has 0 amide bonds. The van der Waals surface area contributed by atoms with E-state index in [1.54, 1.807) is 0 Å². The summed E-state index contributed by atoms with van der Waals surface area (Å²) < 4.78 is 0. The summed E-state index contributed by atoms with van der Waals surface area (Å²) in [6.07, 6.45) is 1.08. The third kappa shape index (κ3) is 4.40. The Morgan fingerprint density at radius 2 is 1.61 bits per heavy atom. The van der Waals surface area contributed by atoms with Gasteiger partial charge in [0.15, 0.2) is 5.96 Å². The van der Waals surface area contributed by atoms with E-state index in [-0.39, 0.29) is 0 Å². The van der Waals surface area contributed by atoms with Crippen LogP contribution in [0.3, 0.4) is 0 Å². The number of rotatable bonds is 4. The van der Waals surface area contributed by atoms with Crippen molar-refractivity contribution in [1.29, 1.82) is 0 Å². The molecular weight excluding hydrogens is 222 g/mol. The minimum absolute atomic E-state index is 0.556. The molecular formula is C15H25N3. The number of aliphatic imine (C=N–C) groups is 1. The smallest absolute Gasteiger partial charge is 0.195 e. The fourth-order valence-electron chi connectivity index (χ4n) is 1.99. The number of nitrogens with zero attached hydrogens (tertiary/aromatic N) is 3. The molecule has 1 aromatic carbocycles. The molecule has 18 heavy (non-hydrogen) atoms. The van der Waals surface area contributed by atoms with Gasteiger partial charge in [0, 0.05) is 34.7 Å². The molecule has 1 atom stereocenters. The van der Waals surface area contributed by atoms with Gasteiger partial charge in [0.1, 0.15) is 0 Å². The van der Waals surface area contributed by atoms with Gasteiger partial charge >= 0.3 is 0 Å². The number of hydrogen-bond donors (Lipinski definition) is 0. The zero-order chi connectivity index (χ0) is 13.5. The van der Waals surface area contributed by atoms with E-state index >= 15 is 0 Å². The summed E-state index contributed by atoms with van der Waals surface area (Å²) in [4.78, 5) is 8.75. The fraction of sp³-hybridized carbons (Fsp3) is 0.533. The Kier molecular flexibility index (Phi) is 5.69. The minimum atomic E-state index is 0.556. The van der Waals surface area contributed by atoms with Crippen molar-refractivity contribution in [2.24, 2.45) is 4.99 Å². The van der Waals surface area contributed by atoms with E-state index in [9.17, 15) is 0 Å². The molecule has 1 rings (SSSR count). The molecule has 0 heterocycles. The molecule has 1 aromatic rings. The molecule has 3 nitrogen and oxygen atoms in total. The van der Waals surface area contributed by atoms with Gasteiger partial charge in [-0.2, -0.15) is 0 Å². The Morgan fingerprint density at radius 3 is 2.11 bits per heavy atom. The summed E-state index contributed by atoms with van der Waals surface area (Å²) in [6, 6.07) is 10.6. The van der Waals surface area contributed by atoms with Crippen LogP contribution in [0.4, 0.5) is 0 Å². The summed E-state index contributed by atoms with van der Waals surface area (Å²) >= 11 is 0. The first-order chi connectivity index (χ1) is 8.52. The van der Waals surface area contributed by atoms with Crippen LogP contribution < -0.4 is 0 Å². The molecule has 0 aliphatic rings. The van der Waals surface area contributed by atoms with Gasteiger partial charge in [-0.05, 0) is 17.9 Å². The maximum Gasteiger partial charge on any atom is 0.195 e. The molecule has 0 radical (unpaired) electrons. The minimum Gasteiger partial charge on any atom is -0.349 e. The Balaban J connectivity index is 2.53. The molecule has 0 bridgehead atoms. The van der Waals surface area contributed by atoms with Crippen molar-refractivity contribution < 1.29 is 0 Å². The molecule has 0 fully saturated rings. The molecule has 0 aliphatic heterocycles. The zero-order valence-electron chi connectivity index (χ0n) is 12.2. The third-order valence-corrected chi connectivity index (χ3v) is 2.98. The average Bonchev–Trinajstić information content (AvgIpc) is 2.34. The maximum atomic E-state index is 4.66. The van der Waals surface area contributed by atoms with Gasteiger partial charge < -0.3 is 9.80 Å². The lowest BCUT2D eigenvalue weighted by atomic mass is 9.98. The van der Waals surface area contributed by atoms with Gasteiger partial charge in [0.05, 0.1) is 0 Å². The number of hydrogen-bond acceptors (Lipinski definition) is 1. The summed E-state index contributed by atoms with van der Waals surface area (Å²) in [6.45, 7) is 3.12. The normalized spacial score (nSPS) is 11.8. The van der Waals surface area contributed by atoms with Crippen molar-refractivity contribution in [2.75, 3.05) is 34.7 Å². The van der Waals surface area contributed by atoms with Crippen LogP contribution in [-0.2, 0) is 0 Å². The van der Waals surface area contributed by atoms with Crippen LogP contribution in [0.5, 0.6) is 0 Å². The summed E-state index contributed by atoms with van der Waals surface area (Å²) in [5.74, 6) is 1.58. The standard InChI is InChI=1S/C15H25N3/c1-13(14-9-7-6-8-10-14)11-12-16-15(17(2)3)18(4)5/h6-10,13H,11-12H2,1-5H3/t13-/m1/s1. The van der Waals surface area contributed by atoms with E-state index < -0.39 is 0 Å². The molecule has 3 heteroatoms. The second-order valence-electron chi connectivity index (χ2n) is 5.07. The van der Waals surface area contributed by atoms with Gasteiger partial charge in [-0.3, -0.25) is 4.99 Å². The molecule has 0 spiro atoms. The Bertz CT molecular complexity index is 359. The monoisotopic (exact) mass is 247 g/mol. The molecule has 100 valence electrons. The van der Waals surface area contributed by atoms with Gasteiger partial charge in [-0.15, -0.1) is 0 Å². The second kappa shape index (κ2) is 7.04. The van der Waals surface area contributed by atoms with E-state index in [0.717, 1.165) is 18.9 Å². The first-order valence-corrected chi connectivity index (χ1v) is 6.46. The molecule has 0 aliphatic carbocycles. The lowest BCUT2D eigenvalue weighted by molar-refractivity contribution is 0.477. The van der Waals surface area contributed by atoms with Crippen LogP contribution in [0.15, 0.2) is 35.3 Å². The van der Waals surface area contributed by atoms with Crippen LogP contribution in [-0.4, -0.2) is 50.5 Å². The van der Waals surface area contributed by atoms with Crippen molar-refractivity contribution in [3.63, 3.8) is 0 Å². The molecule has 0 saturated carbocycles. The summed E-state index contributed by atoms with van der Waals surface area (Å²) in [5.41, 5.74) is 1.39. The number of guanidine groups is 1. The maximum absolute atomic E-state index is 4.66. The fourth-order valence-corrected chi connectivity index (χ4v) is 1.99. The van der Waals surface area contributed by atoms with E-state index in [1.165, 1.54) is 5.56 Å². The van der Waals surface area contributed by atoms with E-state index in [1.807, 2.05) is 38.0 Å². The largest absolute Gasteiger partial charge is 0.349 e. The third-order valence-electron chi connectivity index (χ3n) is 2.98. The molecule has 0 aromatic heterocycles. The highest BCUT2D eigenvalue weighted by molar-refractivity contribution is 5.79. The van der Waals surface area contributed by atoms with Gasteiger partial charge in [-0.25, -0.2) is 0 Å². The van der Waals surface area contributed by atoms with Crippen LogP contribution in [0.1, 0.15) is 24.8 Å². The highest BCUT2D eigenvalue weighted by Gasteiger charge is 2.06. The summed E-state index contributed by atoms with van der Waals surface area (Å²) in [7, 11) is 8.11. The predicted octanol–water partition coefficient (Wildman–Crippen LogP) is 2.66. The van der Waals surface area contributed by atoms with Crippen molar-refractivity contribution in [3.8, 4) is 0 Å². The molecule has 0 unspecified atom stereocenters. The van der Waals surface area contributed by atoms with Gasteiger partial charge in [0.2, 0.25) is 0 Å². The van der Waals surface area contributed by atoms with Crippen molar-refractivity contribution >= 4 is 5.96 Å². The van der Waals surface area contributed by atoms with Crippen LogP contribution in [0.25, 0.3) is 0 Å². The van der Waals surface area contributed by atoms with Crippen LogP contribution in [0, 0.1) is 0 Å². The Morgan fingerprint density at radius 1 is 1.06 bits per heavy atom. The van der Waals surface area contributed by atoms with Crippen molar-refractivity contribution in [1.82, 2.24) is 9.80 Å².